The molecule has 0 amide bonds. The number of ether oxygens (including phenoxy) is 2. The van der Waals surface area contributed by atoms with E-state index in [-0.39, 0.29) is 26.1 Å². The van der Waals surface area contributed by atoms with E-state index >= 15 is 0 Å². The van der Waals surface area contributed by atoms with Crippen LogP contribution in [0.1, 0.15) is 110 Å². The minimum Gasteiger partial charge on any atom is -0.756 e. The van der Waals surface area contributed by atoms with E-state index in [1.165, 1.54) is 12.8 Å². The van der Waals surface area contributed by atoms with Crippen LogP contribution in [0.5, 0.6) is 0 Å². The number of esters is 2. The number of unbranched alkanes of at least 4 members (excludes halogenated alkanes) is 9. The van der Waals surface area contributed by atoms with Gasteiger partial charge in [0.25, 0.3) is 7.82 Å². The second-order valence-corrected chi connectivity index (χ2v) is 12.9. The predicted octanol–water partition coefficient (Wildman–Crippen LogP) is 6.65. The Labute approximate surface area is 249 Å². The van der Waals surface area contributed by atoms with Gasteiger partial charge in [0.05, 0.1) is 27.7 Å². The highest BCUT2D eigenvalue weighted by Gasteiger charge is 2.21. The average Bonchev–Trinajstić information content (AvgIpc) is 2.89. The summed E-state index contributed by atoms with van der Waals surface area (Å²) in [4.78, 5) is 36.6. The van der Waals surface area contributed by atoms with Gasteiger partial charge in [0.15, 0.2) is 6.10 Å². The van der Waals surface area contributed by atoms with Gasteiger partial charge >= 0.3 is 11.9 Å². The lowest BCUT2D eigenvalue weighted by Gasteiger charge is -2.28. The standard InChI is InChI=1S/C31H58NO8P/c1-6-8-10-11-12-13-14-15-16-17-18-19-20-22-24-31(34)40-29(27-37-30(33)23-21-9-7-2)28-39-41(35,36)38-26-25-32(3,4)5/h11-12,14-15,29H,6-10,13,16-28H2,1-5H3/b12-11-,15-14-. The van der Waals surface area contributed by atoms with Crippen LogP contribution >= 0.6 is 7.82 Å². The minimum absolute atomic E-state index is 0.0338. The third kappa shape index (κ3) is 28.4. The van der Waals surface area contributed by atoms with Gasteiger partial charge < -0.3 is 27.9 Å². The lowest BCUT2D eigenvalue weighted by atomic mass is 10.1. The topological polar surface area (TPSA) is 111 Å². The van der Waals surface area contributed by atoms with Gasteiger partial charge in [-0.05, 0) is 38.5 Å². The molecular formula is C31H58NO8P. The van der Waals surface area contributed by atoms with Gasteiger partial charge in [-0.25, -0.2) is 0 Å². The molecule has 10 heteroatoms. The molecule has 0 aliphatic rings. The summed E-state index contributed by atoms with van der Waals surface area (Å²) in [6, 6.07) is 0. The highest BCUT2D eigenvalue weighted by Crippen LogP contribution is 2.38. The third-order valence-corrected chi connectivity index (χ3v) is 7.19. The zero-order valence-electron chi connectivity index (χ0n) is 26.5. The number of nitrogens with zero attached hydrogens (tertiary/aromatic N) is 1. The van der Waals surface area contributed by atoms with E-state index in [1.54, 1.807) is 0 Å². The van der Waals surface area contributed by atoms with E-state index in [4.69, 9.17) is 18.5 Å². The number of carbonyl (C=O) groups excluding carboxylic acids is 2. The fraction of sp³-hybridized carbons (Fsp3) is 0.806. The van der Waals surface area contributed by atoms with Crippen LogP contribution in [-0.4, -0.2) is 70.0 Å². The summed E-state index contributed by atoms with van der Waals surface area (Å²) in [6.07, 6.45) is 21.5. The van der Waals surface area contributed by atoms with Crippen molar-refractivity contribution < 1.29 is 42.1 Å². The fourth-order valence-electron chi connectivity index (χ4n) is 3.67. The Hall–Kier alpha value is -1.51. The van der Waals surface area contributed by atoms with Gasteiger partial charge in [-0.1, -0.05) is 83.1 Å². The van der Waals surface area contributed by atoms with Gasteiger partial charge in [0, 0.05) is 12.8 Å². The number of hydrogen-bond donors (Lipinski definition) is 0. The molecule has 0 saturated carbocycles. The van der Waals surface area contributed by atoms with Crippen LogP contribution < -0.4 is 4.89 Å². The monoisotopic (exact) mass is 603 g/mol. The first-order valence-corrected chi connectivity index (χ1v) is 17.0. The number of phosphoric ester groups is 1. The van der Waals surface area contributed by atoms with Crippen molar-refractivity contribution in [2.75, 3.05) is 47.5 Å². The van der Waals surface area contributed by atoms with Gasteiger partial charge in [-0.3, -0.25) is 14.2 Å². The SMILES string of the molecule is CCCC/C=C\C/C=C\CCCCCCCC(=O)OC(COC(=O)CCCCC)COP(=O)([O-])OCC[N+](C)(C)C. The summed E-state index contributed by atoms with van der Waals surface area (Å²) in [5, 5.41) is 0. The fourth-order valence-corrected chi connectivity index (χ4v) is 4.40. The van der Waals surface area contributed by atoms with Crippen LogP contribution in [0.4, 0.5) is 0 Å². The Bertz CT molecular complexity index is 779. The summed E-state index contributed by atoms with van der Waals surface area (Å²) >= 11 is 0. The normalized spacial score (nSPS) is 14.4. The predicted molar refractivity (Wildman–Crippen MR) is 162 cm³/mol. The highest BCUT2D eigenvalue weighted by atomic mass is 31.2. The largest absolute Gasteiger partial charge is 0.756 e. The minimum atomic E-state index is -4.60. The molecule has 0 aromatic heterocycles. The first-order chi connectivity index (χ1) is 19.5. The highest BCUT2D eigenvalue weighted by molar-refractivity contribution is 7.45. The Kier molecular flexibility index (Phi) is 24.1. The van der Waals surface area contributed by atoms with E-state index in [0.717, 1.165) is 57.8 Å². The number of allylic oxidation sites excluding steroid dienone is 4. The van der Waals surface area contributed by atoms with Crippen molar-refractivity contribution in [2.24, 2.45) is 0 Å². The molecule has 0 aromatic rings. The second kappa shape index (κ2) is 25.0. The van der Waals surface area contributed by atoms with Crippen molar-refractivity contribution in [1.29, 1.82) is 0 Å². The molecule has 9 nitrogen and oxygen atoms in total. The second-order valence-electron chi connectivity index (χ2n) is 11.5. The van der Waals surface area contributed by atoms with Crippen LogP contribution in [0.3, 0.4) is 0 Å². The van der Waals surface area contributed by atoms with Crippen LogP contribution in [0, 0.1) is 0 Å². The molecule has 0 N–H and O–H groups in total. The van der Waals surface area contributed by atoms with Crippen molar-refractivity contribution in [3.05, 3.63) is 24.3 Å². The number of phosphoric acid groups is 1. The number of rotatable bonds is 27. The summed E-state index contributed by atoms with van der Waals surface area (Å²) < 4.78 is 33.2. The summed E-state index contributed by atoms with van der Waals surface area (Å²) in [6.45, 7) is 3.94. The van der Waals surface area contributed by atoms with Crippen LogP contribution in [-0.2, 0) is 32.7 Å². The van der Waals surface area contributed by atoms with Crippen molar-refractivity contribution >= 4 is 19.8 Å². The molecule has 0 saturated heterocycles. The molecule has 2 atom stereocenters. The smallest absolute Gasteiger partial charge is 0.306 e. The van der Waals surface area contributed by atoms with Crippen LogP contribution in [0.2, 0.25) is 0 Å². The molecule has 41 heavy (non-hydrogen) atoms. The maximum absolute atomic E-state index is 12.4. The molecule has 0 radical (unpaired) electrons. The Morgan fingerprint density at radius 1 is 0.756 bits per heavy atom. The van der Waals surface area contributed by atoms with Gasteiger partial charge in [-0.15, -0.1) is 0 Å². The Balaban J connectivity index is 4.40. The van der Waals surface area contributed by atoms with Crippen molar-refractivity contribution in [3.63, 3.8) is 0 Å². The molecule has 240 valence electrons. The maximum atomic E-state index is 12.4. The molecule has 0 spiro atoms. The molecule has 2 unspecified atom stereocenters. The quantitative estimate of drug-likeness (QED) is 0.0337. The number of carbonyl (C=O) groups is 2. The van der Waals surface area contributed by atoms with Gasteiger partial charge in [0.1, 0.15) is 19.8 Å². The lowest BCUT2D eigenvalue weighted by molar-refractivity contribution is -0.870. The van der Waals surface area contributed by atoms with Crippen LogP contribution in [0.15, 0.2) is 24.3 Å². The molecule has 0 aliphatic heterocycles. The van der Waals surface area contributed by atoms with Crippen molar-refractivity contribution in [3.8, 4) is 0 Å². The molecule has 0 aliphatic carbocycles. The summed E-state index contributed by atoms with van der Waals surface area (Å²) in [5.41, 5.74) is 0. The van der Waals surface area contributed by atoms with E-state index in [0.29, 0.717) is 23.9 Å². The Morgan fingerprint density at radius 3 is 2.00 bits per heavy atom. The first kappa shape index (κ1) is 39.5. The average molecular weight is 604 g/mol. The van der Waals surface area contributed by atoms with E-state index < -0.39 is 32.5 Å². The number of quaternary nitrogens is 1. The molecule has 0 heterocycles. The third-order valence-electron chi connectivity index (χ3n) is 6.22. The van der Waals surface area contributed by atoms with E-state index in [1.807, 2.05) is 28.1 Å². The number of likely N-dealkylation sites (N-methyl/N-ethyl adjacent to an activating group) is 1. The van der Waals surface area contributed by atoms with Crippen molar-refractivity contribution in [1.82, 2.24) is 0 Å². The van der Waals surface area contributed by atoms with Crippen molar-refractivity contribution in [2.45, 2.75) is 116 Å². The first-order valence-electron chi connectivity index (χ1n) is 15.5. The van der Waals surface area contributed by atoms with E-state index in [2.05, 4.69) is 31.2 Å². The van der Waals surface area contributed by atoms with Gasteiger partial charge in [-0.2, -0.15) is 0 Å². The zero-order chi connectivity index (χ0) is 30.8. The Morgan fingerprint density at radius 2 is 1.34 bits per heavy atom. The van der Waals surface area contributed by atoms with Crippen LogP contribution in [0.25, 0.3) is 0 Å². The molecule has 0 fully saturated rings. The summed E-state index contributed by atoms with van der Waals surface area (Å²) in [7, 11) is 1.15. The molecule has 0 bridgehead atoms. The van der Waals surface area contributed by atoms with E-state index in [9.17, 15) is 19.0 Å². The van der Waals surface area contributed by atoms with Gasteiger partial charge in [0.2, 0.25) is 0 Å². The maximum Gasteiger partial charge on any atom is 0.306 e. The summed E-state index contributed by atoms with van der Waals surface area (Å²) in [5.74, 6) is -0.885. The lowest BCUT2D eigenvalue weighted by Crippen LogP contribution is -2.37. The molecule has 0 aromatic carbocycles. The number of hydrogen-bond acceptors (Lipinski definition) is 8. The molecule has 0 rings (SSSR count). The molecular weight excluding hydrogens is 545 g/mol. The zero-order valence-corrected chi connectivity index (χ0v) is 27.4.